The first-order chi connectivity index (χ1) is 37.4. The lowest BCUT2D eigenvalue weighted by atomic mass is 9.88. The SMILES string of the molecule is CC(=O)N[C@@H]1[C@@H](O[C@@H]2O[C@H](CO)[C@@H](O[C@@H]3O[C@H](CO[C@]4(C(=O)O)C[C@H](O)[C@@H](NC(C)=O)[C@H]([C@H](O)[C@H](O)CO)O4)[C@H](O)[C@H](O)[C@H]3O)[C@H](O)[C@H]2NC(C)=O)[C@@H](O)[C@@H](CO[C@]2(C(=O)O)C[C@H](O)[C@@H](NC(C)=O)[C@H]([C@H](O)[C@H](O)CO)O2)O[C@@H]1O. The van der Waals surface area contributed by atoms with E-state index in [4.69, 9.17) is 42.6 Å². The summed E-state index contributed by atoms with van der Waals surface area (Å²) < 4.78 is 51.2. The van der Waals surface area contributed by atoms with E-state index < -0.39 is 246 Å². The van der Waals surface area contributed by atoms with Gasteiger partial charge in [0.2, 0.25) is 23.6 Å². The van der Waals surface area contributed by atoms with Crippen LogP contribution in [0.3, 0.4) is 0 Å². The number of carboxylic acids is 2. The van der Waals surface area contributed by atoms with Gasteiger partial charge in [-0.3, -0.25) is 19.2 Å². The number of aliphatic hydroxyl groups excluding tert-OH is 15. The molecule has 36 heteroatoms. The molecule has 0 spiro atoms. The number of rotatable bonds is 23. The molecule has 5 aliphatic rings. The van der Waals surface area contributed by atoms with Gasteiger partial charge in [0.15, 0.2) is 18.9 Å². The zero-order chi connectivity index (χ0) is 60.0. The summed E-state index contributed by atoms with van der Waals surface area (Å²) >= 11 is 0. The molecule has 27 atom stereocenters. The third kappa shape index (κ3) is 15.0. The van der Waals surface area contributed by atoms with Gasteiger partial charge >= 0.3 is 11.9 Å². The first-order valence-corrected chi connectivity index (χ1v) is 24.8. The van der Waals surface area contributed by atoms with E-state index in [0.717, 1.165) is 27.7 Å². The number of hydrogen-bond donors (Lipinski definition) is 21. The summed E-state index contributed by atoms with van der Waals surface area (Å²) in [6, 6.07) is -6.90. The van der Waals surface area contributed by atoms with Crippen molar-refractivity contribution in [2.75, 3.05) is 33.0 Å². The standard InChI is InChI=1S/C44H72N4O32/c1-12(52)45-23-16(56)5-43(41(68)69,79-36(23)27(60)18(58)7-49)72-10-21-29(62)32(65)33(66)40(76-21)77-34-20(9-51)75-39(25(31(34)64)47-14(3)54)78-35-26(48-15(4)55)38(67)74-22(30(35)63)11-73-44(42(70)71)6-17(57)24(46-13(2)53)37(80-44)28(61)19(59)8-50/h16-40,49-51,56-67H,5-11H2,1-4H3,(H,45,52)(H,46,53)(H,47,54)(H,48,55)(H,68,69)(H,70,71)/t16-,17-,18+,19+,20+,21+,22+,23+,24+,25+,26+,27+,28+,29-,30-,31+,32-,33+,34+,35+,36+,37+,38-,39-,40-,43+,44+/m0/s1. The Morgan fingerprint density at radius 1 is 0.500 bits per heavy atom. The molecule has 5 saturated heterocycles. The van der Waals surface area contributed by atoms with Crippen molar-refractivity contribution in [3.05, 3.63) is 0 Å². The molecule has 0 aromatic rings. The van der Waals surface area contributed by atoms with Crippen LogP contribution in [-0.4, -0.2) is 320 Å². The summed E-state index contributed by atoms with van der Waals surface area (Å²) in [7, 11) is 0. The minimum absolute atomic E-state index is 0.798. The van der Waals surface area contributed by atoms with E-state index in [1.54, 1.807) is 0 Å². The number of aliphatic hydroxyl groups is 15. The Labute approximate surface area is 452 Å². The maximum atomic E-state index is 12.8. The van der Waals surface area contributed by atoms with Crippen LogP contribution < -0.4 is 21.3 Å². The van der Waals surface area contributed by atoms with E-state index >= 15 is 0 Å². The number of amides is 4. The van der Waals surface area contributed by atoms with Crippen molar-refractivity contribution in [1.29, 1.82) is 0 Å². The van der Waals surface area contributed by atoms with E-state index in [-0.39, 0.29) is 0 Å². The second kappa shape index (κ2) is 28.0. The van der Waals surface area contributed by atoms with Crippen LogP contribution >= 0.6 is 0 Å². The largest absolute Gasteiger partial charge is 0.477 e. The predicted molar refractivity (Wildman–Crippen MR) is 247 cm³/mol. The fraction of sp³-hybridized carbons (Fsp3) is 0.864. The first-order valence-electron chi connectivity index (χ1n) is 24.8. The smallest absolute Gasteiger partial charge is 0.364 e. The molecule has 5 rings (SSSR count). The normalized spacial score (nSPS) is 42.0. The van der Waals surface area contributed by atoms with Gasteiger partial charge in [0, 0.05) is 40.5 Å². The lowest BCUT2D eigenvalue weighted by molar-refractivity contribution is -0.368. The van der Waals surface area contributed by atoms with Crippen molar-refractivity contribution >= 4 is 35.6 Å². The highest BCUT2D eigenvalue weighted by molar-refractivity contribution is 5.77. The Morgan fingerprint density at radius 3 is 1.31 bits per heavy atom. The maximum absolute atomic E-state index is 12.8. The van der Waals surface area contributed by atoms with E-state index in [2.05, 4.69) is 21.3 Å². The summed E-state index contributed by atoms with van der Waals surface area (Å²) in [4.78, 5) is 74.7. The van der Waals surface area contributed by atoms with Crippen molar-refractivity contribution in [3.8, 4) is 0 Å². The van der Waals surface area contributed by atoms with Crippen molar-refractivity contribution in [3.63, 3.8) is 0 Å². The number of aliphatic carboxylic acids is 2. The number of carbonyl (C=O) groups is 6. The molecule has 0 aromatic heterocycles. The van der Waals surface area contributed by atoms with Crippen molar-refractivity contribution < 1.29 is 158 Å². The summed E-state index contributed by atoms with van der Waals surface area (Å²) in [5, 5.41) is 191. The topological polar surface area (TPSA) is 578 Å². The molecule has 0 unspecified atom stereocenters. The Bertz CT molecular complexity index is 2120. The summed E-state index contributed by atoms with van der Waals surface area (Å²) in [5.41, 5.74) is 0. The van der Waals surface area contributed by atoms with Crippen LogP contribution in [0.1, 0.15) is 40.5 Å². The molecule has 36 nitrogen and oxygen atoms in total. The quantitative estimate of drug-likeness (QED) is 0.0452. The molecule has 5 aliphatic heterocycles. The average Bonchev–Trinajstić information content (AvgIpc) is 3.38. The Hall–Kier alpha value is -4.14. The monoisotopic (exact) mass is 1170 g/mol. The fourth-order valence-corrected chi connectivity index (χ4v) is 9.83. The van der Waals surface area contributed by atoms with Crippen LogP contribution in [0.5, 0.6) is 0 Å². The third-order valence-electron chi connectivity index (χ3n) is 13.9. The molecule has 4 amide bonds. The highest BCUT2D eigenvalue weighted by Crippen LogP contribution is 2.38. The molecule has 5 fully saturated rings. The van der Waals surface area contributed by atoms with Gasteiger partial charge in [0.05, 0.1) is 57.3 Å². The third-order valence-corrected chi connectivity index (χ3v) is 13.9. The lowest BCUT2D eigenvalue weighted by Crippen LogP contribution is -2.71. The van der Waals surface area contributed by atoms with Crippen molar-refractivity contribution in [2.24, 2.45) is 0 Å². The van der Waals surface area contributed by atoms with E-state index in [9.17, 15) is 116 Å². The van der Waals surface area contributed by atoms with Crippen LogP contribution in [0.2, 0.25) is 0 Å². The highest BCUT2D eigenvalue weighted by atomic mass is 16.8. The van der Waals surface area contributed by atoms with Gasteiger partial charge in [-0.1, -0.05) is 0 Å². The van der Waals surface area contributed by atoms with Crippen LogP contribution in [0, 0.1) is 0 Å². The number of carboxylic acid groups (broad SMARTS) is 2. The molecule has 21 N–H and O–H groups in total. The number of carbonyl (C=O) groups excluding carboxylic acids is 4. The van der Waals surface area contributed by atoms with E-state index in [1.165, 1.54) is 0 Å². The van der Waals surface area contributed by atoms with Crippen LogP contribution in [0.15, 0.2) is 0 Å². The van der Waals surface area contributed by atoms with Crippen LogP contribution in [0.25, 0.3) is 0 Å². The van der Waals surface area contributed by atoms with Crippen LogP contribution in [-0.2, 0) is 71.4 Å². The molecule has 5 heterocycles. The molecule has 0 bridgehead atoms. The van der Waals surface area contributed by atoms with Crippen molar-refractivity contribution in [1.82, 2.24) is 21.3 Å². The minimum Gasteiger partial charge on any atom is -0.477 e. The lowest BCUT2D eigenvalue weighted by Gasteiger charge is -2.50. The average molecular weight is 1170 g/mol. The number of hydrogen-bond acceptors (Lipinski definition) is 30. The molecule has 0 saturated carbocycles. The fourth-order valence-electron chi connectivity index (χ4n) is 9.83. The molecule has 460 valence electrons. The summed E-state index contributed by atoms with van der Waals surface area (Å²) in [6.45, 7) is -1.69. The summed E-state index contributed by atoms with van der Waals surface area (Å²) in [6.07, 6.45) is -45.5. The minimum atomic E-state index is -3.00. The second-order valence-electron chi connectivity index (χ2n) is 19.8. The second-order valence-corrected chi connectivity index (χ2v) is 19.8. The predicted octanol–water partition coefficient (Wildman–Crippen LogP) is -12.9. The van der Waals surface area contributed by atoms with Gasteiger partial charge in [-0.05, 0) is 0 Å². The highest BCUT2D eigenvalue weighted by Gasteiger charge is 2.60. The Balaban J connectivity index is 1.38. The molecular weight excluding hydrogens is 1100 g/mol. The van der Waals surface area contributed by atoms with Gasteiger partial charge < -0.3 is 151 Å². The molecule has 80 heavy (non-hydrogen) atoms. The van der Waals surface area contributed by atoms with Gasteiger partial charge in [-0.15, -0.1) is 0 Å². The van der Waals surface area contributed by atoms with E-state index in [1.807, 2.05) is 0 Å². The van der Waals surface area contributed by atoms with Gasteiger partial charge in [-0.25, -0.2) is 9.59 Å². The van der Waals surface area contributed by atoms with E-state index in [0.29, 0.717) is 0 Å². The maximum Gasteiger partial charge on any atom is 0.364 e. The Morgan fingerprint density at radius 2 is 0.900 bits per heavy atom. The van der Waals surface area contributed by atoms with Gasteiger partial charge in [0.1, 0.15) is 110 Å². The summed E-state index contributed by atoms with van der Waals surface area (Å²) in [5.74, 6) is -13.4. The first kappa shape index (κ1) is 66.7. The van der Waals surface area contributed by atoms with Crippen molar-refractivity contribution in [2.45, 2.75) is 205 Å². The molecule has 0 radical (unpaired) electrons. The zero-order valence-electron chi connectivity index (χ0n) is 43.1. The zero-order valence-corrected chi connectivity index (χ0v) is 43.1. The Kier molecular flexibility index (Phi) is 23.3. The molecule has 0 aromatic carbocycles. The molecular formula is C44H72N4O32. The van der Waals surface area contributed by atoms with Crippen LogP contribution in [0.4, 0.5) is 0 Å². The van der Waals surface area contributed by atoms with Gasteiger partial charge in [0.25, 0.3) is 11.6 Å². The number of nitrogens with one attached hydrogen (secondary N) is 4. The number of ether oxygens (including phenoxy) is 9. The van der Waals surface area contributed by atoms with Gasteiger partial charge in [-0.2, -0.15) is 0 Å². The molecule has 0 aliphatic carbocycles.